The Labute approximate surface area is 150 Å². The molecule has 1 saturated carbocycles. The molecule has 0 radical (unpaired) electrons. The summed E-state index contributed by atoms with van der Waals surface area (Å²) >= 11 is 0. The molecule has 0 aromatic carbocycles. The Morgan fingerprint density at radius 2 is 1.88 bits per heavy atom. The van der Waals surface area contributed by atoms with E-state index in [0.29, 0.717) is 12.1 Å². The largest absolute Gasteiger partial charge is 0.480 e. The van der Waals surface area contributed by atoms with Gasteiger partial charge in [-0.1, -0.05) is 6.92 Å². The molecule has 3 rings (SSSR count). The number of carbonyl (C=O) groups excluding carboxylic acids is 1. The van der Waals surface area contributed by atoms with Gasteiger partial charge in [-0.2, -0.15) is 0 Å². The smallest absolute Gasteiger partial charge is 0.317 e. The Morgan fingerprint density at radius 1 is 1.20 bits per heavy atom. The van der Waals surface area contributed by atoms with E-state index in [1.54, 1.807) is 0 Å². The number of hydrogen-bond donors (Lipinski definition) is 2. The fourth-order valence-corrected chi connectivity index (χ4v) is 4.59. The summed E-state index contributed by atoms with van der Waals surface area (Å²) in [6.07, 6.45) is 5.34. The van der Waals surface area contributed by atoms with Crippen LogP contribution in [0.3, 0.4) is 0 Å². The van der Waals surface area contributed by atoms with Crippen LogP contribution < -0.4 is 5.32 Å². The van der Waals surface area contributed by atoms with Crippen LogP contribution in [0.15, 0.2) is 0 Å². The molecule has 1 aliphatic carbocycles. The monoisotopic (exact) mass is 352 g/mol. The van der Waals surface area contributed by atoms with Gasteiger partial charge < -0.3 is 15.3 Å². The first-order chi connectivity index (χ1) is 12.0. The quantitative estimate of drug-likeness (QED) is 0.751. The molecular formula is C18H32N4O3. The van der Waals surface area contributed by atoms with Crippen molar-refractivity contribution in [3.63, 3.8) is 0 Å². The molecule has 2 heterocycles. The number of urea groups is 1. The number of carboxylic acid groups (broad SMARTS) is 1. The van der Waals surface area contributed by atoms with Gasteiger partial charge in [0.2, 0.25) is 0 Å². The average Bonchev–Trinajstić information content (AvgIpc) is 3.17. The normalized spacial score (nSPS) is 32.8. The van der Waals surface area contributed by atoms with Gasteiger partial charge in [0.05, 0.1) is 6.54 Å². The van der Waals surface area contributed by atoms with E-state index in [1.165, 1.54) is 25.9 Å². The van der Waals surface area contributed by atoms with Crippen molar-refractivity contribution in [1.29, 1.82) is 0 Å². The minimum atomic E-state index is -0.784. The van der Waals surface area contributed by atoms with Crippen LogP contribution in [0.2, 0.25) is 0 Å². The highest BCUT2D eigenvalue weighted by atomic mass is 16.4. The Hall–Kier alpha value is -1.34. The Balaban J connectivity index is 1.43. The van der Waals surface area contributed by atoms with Gasteiger partial charge in [-0.3, -0.25) is 14.6 Å². The summed E-state index contributed by atoms with van der Waals surface area (Å²) in [7, 11) is 0. The zero-order chi connectivity index (χ0) is 18.0. The first-order valence-electron chi connectivity index (χ1n) is 9.75. The summed E-state index contributed by atoms with van der Waals surface area (Å²) in [5.41, 5.74) is 0. The first kappa shape index (κ1) is 18.5. The lowest BCUT2D eigenvalue weighted by Crippen LogP contribution is -2.57. The highest BCUT2D eigenvalue weighted by Gasteiger charge is 2.39. The van der Waals surface area contributed by atoms with Crippen LogP contribution in [0.5, 0.6) is 0 Å². The fraction of sp³-hybridized carbons (Fsp3) is 0.889. The summed E-state index contributed by atoms with van der Waals surface area (Å²) in [6, 6.07) is 1.32. The second-order valence-electron chi connectivity index (χ2n) is 7.86. The third-order valence-electron chi connectivity index (χ3n) is 6.17. The van der Waals surface area contributed by atoms with Crippen LogP contribution in [-0.4, -0.2) is 88.7 Å². The number of likely N-dealkylation sites (N-methyl/N-ethyl adjacent to an activating group) is 1. The van der Waals surface area contributed by atoms with Crippen LogP contribution in [-0.2, 0) is 4.79 Å². The molecule has 7 heteroatoms. The molecular weight excluding hydrogens is 320 g/mol. The SMILES string of the molecule is CCN(CC(=O)O)C1CC(NC(=O)N2CC(N3CCCC3)CC2C)C1. The summed E-state index contributed by atoms with van der Waals surface area (Å²) in [4.78, 5) is 30.0. The van der Waals surface area contributed by atoms with E-state index in [9.17, 15) is 9.59 Å². The van der Waals surface area contributed by atoms with Crippen LogP contribution in [0.1, 0.15) is 46.0 Å². The van der Waals surface area contributed by atoms with Crippen molar-refractivity contribution in [3.8, 4) is 0 Å². The molecule has 3 aliphatic rings. The second-order valence-corrected chi connectivity index (χ2v) is 7.86. The molecule has 0 aromatic rings. The van der Waals surface area contributed by atoms with E-state index >= 15 is 0 Å². The number of carbonyl (C=O) groups is 2. The van der Waals surface area contributed by atoms with Crippen molar-refractivity contribution in [2.75, 3.05) is 32.7 Å². The molecule has 2 N–H and O–H groups in total. The molecule has 2 saturated heterocycles. The molecule has 2 unspecified atom stereocenters. The van der Waals surface area contributed by atoms with Crippen molar-refractivity contribution in [2.24, 2.45) is 0 Å². The Morgan fingerprint density at radius 3 is 2.48 bits per heavy atom. The van der Waals surface area contributed by atoms with Gasteiger partial charge >= 0.3 is 12.0 Å². The maximum atomic E-state index is 12.6. The lowest BCUT2D eigenvalue weighted by atomic mass is 9.85. The van der Waals surface area contributed by atoms with Crippen molar-refractivity contribution in [3.05, 3.63) is 0 Å². The van der Waals surface area contributed by atoms with E-state index in [-0.39, 0.29) is 24.7 Å². The number of carboxylic acids is 1. The van der Waals surface area contributed by atoms with Crippen molar-refractivity contribution >= 4 is 12.0 Å². The van der Waals surface area contributed by atoms with E-state index < -0.39 is 5.97 Å². The molecule has 2 amide bonds. The Bertz CT molecular complexity index is 489. The summed E-state index contributed by atoms with van der Waals surface area (Å²) in [6.45, 7) is 8.13. The van der Waals surface area contributed by atoms with E-state index in [0.717, 1.165) is 32.4 Å². The van der Waals surface area contributed by atoms with E-state index in [1.807, 2.05) is 16.7 Å². The van der Waals surface area contributed by atoms with Gasteiger partial charge in [-0.25, -0.2) is 4.79 Å². The van der Waals surface area contributed by atoms with Crippen LogP contribution in [0.25, 0.3) is 0 Å². The fourth-order valence-electron chi connectivity index (χ4n) is 4.59. The van der Waals surface area contributed by atoms with Crippen molar-refractivity contribution in [2.45, 2.75) is 70.1 Å². The number of hydrogen-bond acceptors (Lipinski definition) is 4. The average molecular weight is 352 g/mol. The van der Waals surface area contributed by atoms with Crippen molar-refractivity contribution in [1.82, 2.24) is 20.0 Å². The molecule has 2 aliphatic heterocycles. The van der Waals surface area contributed by atoms with E-state index in [2.05, 4.69) is 17.1 Å². The van der Waals surface area contributed by atoms with Gasteiger partial charge in [0.15, 0.2) is 0 Å². The predicted molar refractivity (Wildman–Crippen MR) is 95.6 cm³/mol. The third kappa shape index (κ3) is 4.26. The van der Waals surface area contributed by atoms with Gasteiger partial charge in [0.25, 0.3) is 0 Å². The first-order valence-corrected chi connectivity index (χ1v) is 9.75. The van der Waals surface area contributed by atoms with Gasteiger partial charge in [0, 0.05) is 30.7 Å². The maximum absolute atomic E-state index is 12.6. The minimum Gasteiger partial charge on any atom is -0.480 e. The molecule has 25 heavy (non-hydrogen) atoms. The number of likely N-dealkylation sites (tertiary alicyclic amines) is 2. The summed E-state index contributed by atoms with van der Waals surface area (Å²) in [5, 5.41) is 12.1. The topological polar surface area (TPSA) is 76.1 Å². The molecule has 0 aromatic heterocycles. The molecule has 3 fully saturated rings. The minimum absolute atomic E-state index is 0.0546. The lowest BCUT2D eigenvalue weighted by molar-refractivity contribution is -0.139. The van der Waals surface area contributed by atoms with E-state index in [4.69, 9.17) is 5.11 Å². The number of rotatable bonds is 6. The van der Waals surface area contributed by atoms with Crippen molar-refractivity contribution < 1.29 is 14.7 Å². The van der Waals surface area contributed by atoms with Gasteiger partial charge in [-0.15, -0.1) is 0 Å². The molecule has 142 valence electrons. The van der Waals surface area contributed by atoms with Gasteiger partial charge in [0.1, 0.15) is 0 Å². The highest BCUT2D eigenvalue weighted by Crippen LogP contribution is 2.28. The molecule has 0 spiro atoms. The number of amides is 2. The van der Waals surface area contributed by atoms with Crippen LogP contribution in [0.4, 0.5) is 4.79 Å². The molecule has 7 nitrogen and oxygen atoms in total. The number of nitrogens with zero attached hydrogens (tertiary/aromatic N) is 3. The van der Waals surface area contributed by atoms with Crippen LogP contribution in [0, 0.1) is 0 Å². The predicted octanol–water partition coefficient (Wildman–Crippen LogP) is 1.19. The van der Waals surface area contributed by atoms with Crippen LogP contribution >= 0.6 is 0 Å². The third-order valence-corrected chi connectivity index (χ3v) is 6.17. The zero-order valence-corrected chi connectivity index (χ0v) is 15.5. The van der Waals surface area contributed by atoms with Gasteiger partial charge in [-0.05, 0) is 58.7 Å². The molecule has 2 atom stereocenters. The zero-order valence-electron chi connectivity index (χ0n) is 15.5. The lowest BCUT2D eigenvalue weighted by Gasteiger charge is -2.42. The summed E-state index contributed by atoms with van der Waals surface area (Å²) < 4.78 is 0. The standard InChI is InChI=1S/C18H32N4O3/c1-3-20(12-17(23)24)15-9-14(10-15)19-18(25)22-11-16(8-13(22)2)21-6-4-5-7-21/h13-16H,3-12H2,1-2H3,(H,19,25)(H,23,24). The number of aliphatic carboxylic acids is 1. The Kier molecular flexibility index (Phi) is 5.84. The summed E-state index contributed by atoms with van der Waals surface area (Å²) in [5.74, 6) is -0.784. The maximum Gasteiger partial charge on any atom is 0.317 e. The second kappa shape index (κ2) is 7.91. The number of nitrogens with one attached hydrogen (secondary N) is 1. The molecule has 0 bridgehead atoms. The highest BCUT2D eigenvalue weighted by molar-refractivity contribution is 5.75.